The number of aliphatic hydroxyl groups is 1. The molecule has 0 saturated heterocycles. The van der Waals surface area contributed by atoms with Crippen LogP contribution in [-0.4, -0.2) is 52.4 Å². The third-order valence-electron chi connectivity index (χ3n) is 3.56. The molecule has 23 heavy (non-hydrogen) atoms. The number of nitrogens with zero attached hydrogens (tertiary/aromatic N) is 2. The summed E-state index contributed by atoms with van der Waals surface area (Å²) in [6, 6.07) is -0.448. The highest BCUT2D eigenvalue weighted by Gasteiger charge is 2.37. The number of ether oxygens (including phenoxy) is 1. The average molecular weight is 365 g/mol. The molecule has 1 aromatic rings. The molecule has 0 aliphatic heterocycles. The van der Waals surface area contributed by atoms with Crippen molar-refractivity contribution in [3.63, 3.8) is 0 Å². The maximum atomic E-state index is 14.4. The van der Waals surface area contributed by atoms with E-state index >= 15 is 0 Å². The van der Waals surface area contributed by atoms with E-state index in [-0.39, 0.29) is 24.1 Å². The number of thioether (sulfide) groups is 1. The molecule has 1 saturated carbocycles. The van der Waals surface area contributed by atoms with Crippen LogP contribution in [0.2, 0.25) is 5.15 Å². The number of hydrogen-bond acceptors (Lipinski definition) is 7. The molecule has 4 N–H and O–H groups in total. The van der Waals surface area contributed by atoms with Gasteiger partial charge in [-0.15, -0.1) is 0 Å². The molecule has 0 bridgehead atoms. The molecule has 0 spiro atoms. The first-order valence-corrected chi connectivity index (χ1v) is 9.02. The Labute approximate surface area is 144 Å². The van der Waals surface area contributed by atoms with Gasteiger partial charge in [0.1, 0.15) is 11.9 Å². The first-order valence-electron chi connectivity index (χ1n) is 7.65. The summed E-state index contributed by atoms with van der Waals surface area (Å²) < 4.78 is 19.7. The van der Waals surface area contributed by atoms with Crippen LogP contribution in [0, 0.1) is 0 Å². The van der Waals surface area contributed by atoms with Gasteiger partial charge in [-0.25, -0.2) is 14.4 Å². The Morgan fingerprint density at radius 2 is 2.26 bits per heavy atom. The molecule has 0 unspecified atom stereocenters. The topological polar surface area (TPSA) is 93.3 Å². The van der Waals surface area contributed by atoms with E-state index in [9.17, 15) is 4.39 Å². The molecule has 9 heteroatoms. The van der Waals surface area contributed by atoms with Crippen molar-refractivity contribution in [1.82, 2.24) is 9.97 Å². The predicted octanol–water partition coefficient (Wildman–Crippen LogP) is 2.50. The Morgan fingerprint density at radius 1 is 1.48 bits per heavy atom. The Kier molecular flexibility index (Phi) is 7.13. The fraction of sp³-hybridized carbons (Fsp3) is 0.714. The molecule has 6 nitrogen and oxygen atoms in total. The second kappa shape index (κ2) is 8.86. The number of nitrogens with one attached hydrogen (secondary N) is 1. The number of nitrogens with two attached hydrogens (primary N) is 1. The number of anilines is 2. The summed E-state index contributed by atoms with van der Waals surface area (Å²) in [6.45, 7) is 2.08. The molecule has 0 amide bonds. The second-order valence-corrected chi connectivity index (χ2v) is 6.73. The Balaban J connectivity index is 2.06. The number of hydrogen-bond donors (Lipinski definition) is 3. The fourth-order valence-electron chi connectivity index (χ4n) is 2.42. The predicted molar refractivity (Wildman–Crippen MR) is 90.8 cm³/mol. The average Bonchev–Trinajstić information content (AvgIpc) is 2.88. The van der Waals surface area contributed by atoms with Gasteiger partial charge in [-0.1, -0.05) is 30.3 Å². The first kappa shape index (κ1) is 18.5. The summed E-state index contributed by atoms with van der Waals surface area (Å²) in [5.41, 5.74) is 6.12. The van der Waals surface area contributed by atoms with Crippen molar-refractivity contribution in [2.24, 2.45) is 0 Å². The van der Waals surface area contributed by atoms with Crippen LogP contribution in [-0.2, 0) is 4.74 Å². The highest BCUT2D eigenvalue weighted by Crippen LogP contribution is 2.32. The van der Waals surface area contributed by atoms with Gasteiger partial charge in [0.2, 0.25) is 0 Å². The van der Waals surface area contributed by atoms with Crippen LogP contribution in [0.3, 0.4) is 0 Å². The minimum absolute atomic E-state index is 0.117. The summed E-state index contributed by atoms with van der Waals surface area (Å²) in [7, 11) is 0. The molecule has 1 aliphatic rings. The lowest BCUT2D eigenvalue weighted by molar-refractivity contribution is -0.00370. The summed E-state index contributed by atoms with van der Waals surface area (Å²) >= 11 is 7.52. The van der Waals surface area contributed by atoms with Crippen LogP contribution in [0.25, 0.3) is 0 Å². The monoisotopic (exact) mass is 364 g/mol. The van der Waals surface area contributed by atoms with Crippen molar-refractivity contribution in [2.75, 3.05) is 30.0 Å². The van der Waals surface area contributed by atoms with Crippen molar-refractivity contribution in [2.45, 2.75) is 49.7 Å². The molecule has 1 heterocycles. The standard InChI is InChI=1S/C14H22ClFN4O2S/c1-2-7-23-14-19-12(15)11(17)13(20-14)18-8-3-4-9(10(8)16)22-6-5-21/h8-10,21H,2-7,17H2,1H3,(H,18,19,20)/t8-,9+,10-/m0/s1. The largest absolute Gasteiger partial charge is 0.394 e. The molecule has 3 atom stereocenters. The molecule has 130 valence electrons. The Morgan fingerprint density at radius 3 is 2.96 bits per heavy atom. The normalized spacial score (nSPS) is 24.1. The number of aliphatic hydroxyl groups excluding tert-OH is 1. The first-order chi connectivity index (χ1) is 11.1. The number of rotatable bonds is 8. The van der Waals surface area contributed by atoms with Crippen LogP contribution in [0.4, 0.5) is 15.9 Å². The van der Waals surface area contributed by atoms with Crippen LogP contribution < -0.4 is 11.1 Å². The zero-order valence-electron chi connectivity index (χ0n) is 13.0. The molecule has 1 aromatic heterocycles. The number of alkyl halides is 1. The lowest BCUT2D eigenvalue weighted by Crippen LogP contribution is -2.33. The lowest BCUT2D eigenvalue weighted by atomic mass is 10.2. The summed E-state index contributed by atoms with van der Waals surface area (Å²) in [5, 5.41) is 12.5. The zero-order chi connectivity index (χ0) is 16.8. The van der Waals surface area contributed by atoms with E-state index in [2.05, 4.69) is 22.2 Å². The van der Waals surface area contributed by atoms with Crippen LogP contribution in [0.15, 0.2) is 5.16 Å². The van der Waals surface area contributed by atoms with Crippen molar-refractivity contribution in [1.29, 1.82) is 0 Å². The summed E-state index contributed by atoms with van der Waals surface area (Å²) in [6.07, 6.45) is 0.441. The quantitative estimate of drug-likeness (QED) is 0.370. The zero-order valence-corrected chi connectivity index (χ0v) is 14.5. The maximum Gasteiger partial charge on any atom is 0.191 e. The van der Waals surface area contributed by atoms with Crippen molar-refractivity contribution >= 4 is 34.9 Å². The van der Waals surface area contributed by atoms with Crippen molar-refractivity contribution < 1.29 is 14.2 Å². The van der Waals surface area contributed by atoms with Crippen LogP contribution in [0.5, 0.6) is 0 Å². The molecule has 1 fully saturated rings. The third-order valence-corrected chi connectivity index (χ3v) is 4.90. The van der Waals surface area contributed by atoms with Gasteiger partial charge in [0.15, 0.2) is 16.1 Å². The molecule has 2 rings (SSSR count). The molecular weight excluding hydrogens is 343 g/mol. The summed E-state index contributed by atoms with van der Waals surface area (Å²) in [4.78, 5) is 8.47. The van der Waals surface area contributed by atoms with Gasteiger partial charge in [-0.2, -0.15) is 0 Å². The SMILES string of the molecule is CCCSc1nc(Cl)c(N)c(N[C@H]2CC[C@@H](OCCO)[C@H]2F)n1. The Hall–Kier alpha value is -0.830. The number of halogens is 2. The highest BCUT2D eigenvalue weighted by atomic mass is 35.5. The molecule has 0 radical (unpaired) electrons. The van der Waals surface area contributed by atoms with Crippen molar-refractivity contribution in [3.8, 4) is 0 Å². The van der Waals surface area contributed by atoms with Crippen LogP contribution >= 0.6 is 23.4 Å². The van der Waals surface area contributed by atoms with Gasteiger partial charge < -0.3 is 20.9 Å². The van der Waals surface area contributed by atoms with Gasteiger partial charge in [0, 0.05) is 5.75 Å². The van der Waals surface area contributed by atoms with Gasteiger partial charge in [0.25, 0.3) is 0 Å². The van der Waals surface area contributed by atoms with E-state index in [1.165, 1.54) is 11.8 Å². The molecular formula is C14H22ClFN4O2S. The van der Waals surface area contributed by atoms with E-state index in [4.69, 9.17) is 27.2 Å². The lowest BCUT2D eigenvalue weighted by Gasteiger charge is -2.20. The molecule has 0 aromatic carbocycles. The van der Waals surface area contributed by atoms with E-state index in [1.807, 2.05) is 0 Å². The van der Waals surface area contributed by atoms with Gasteiger partial charge in [-0.3, -0.25) is 0 Å². The number of nitrogen functional groups attached to an aromatic ring is 1. The third kappa shape index (κ3) is 4.82. The van der Waals surface area contributed by atoms with Gasteiger partial charge in [-0.05, 0) is 19.3 Å². The summed E-state index contributed by atoms with van der Waals surface area (Å²) in [5.74, 6) is 1.23. The van der Waals surface area contributed by atoms with E-state index in [0.29, 0.717) is 23.8 Å². The van der Waals surface area contributed by atoms with Crippen LogP contribution in [0.1, 0.15) is 26.2 Å². The minimum atomic E-state index is -1.19. The number of aromatic nitrogens is 2. The second-order valence-electron chi connectivity index (χ2n) is 5.31. The van der Waals surface area contributed by atoms with E-state index < -0.39 is 18.3 Å². The smallest absolute Gasteiger partial charge is 0.191 e. The fourth-order valence-corrected chi connectivity index (χ4v) is 3.34. The minimum Gasteiger partial charge on any atom is -0.394 e. The Bertz CT molecular complexity index is 526. The highest BCUT2D eigenvalue weighted by molar-refractivity contribution is 7.99. The maximum absolute atomic E-state index is 14.4. The van der Waals surface area contributed by atoms with Gasteiger partial charge >= 0.3 is 0 Å². The molecule has 1 aliphatic carbocycles. The van der Waals surface area contributed by atoms with E-state index in [0.717, 1.165) is 12.2 Å². The van der Waals surface area contributed by atoms with Gasteiger partial charge in [0.05, 0.1) is 25.4 Å². The van der Waals surface area contributed by atoms with Crippen molar-refractivity contribution in [3.05, 3.63) is 5.15 Å². The van der Waals surface area contributed by atoms with E-state index in [1.54, 1.807) is 0 Å².